The van der Waals surface area contributed by atoms with Crippen molar-refractivity contribution in [3.05, 3.63) is 83.7 Å². The van der Waals surface area contributed by atoms with Gasteiger partial charge in [0, 0.05) is 5.56 Å². The number of amidine groups is 1. The van der Waals surface area contributed by atoms with Gasteiger partial charge in [-0.25, -0.2) is 4.99 Å². The van der Waals surface area contributed by atoms with Crippen molar-refractivity contribution >= 4 is 23.5 Å². The molecule has 1 aliphatic heterocycles. The van der Waals surface area contributed by atoms with E-state index < -0.39 is 18.6 Å². The molecule has 1 amide bonds. The van der Waals surface area contributed by atoms with E-state index in [1.807, 2.05) is 36.4 Å². The maximum Gasteiger partial charge on any atom is 0.323 e. The molecule has 2 aromatic carbocycles. The first-order valence-corrected chi connectivity index (χ1v) is 9.11. The molecule has 1 aliphatic rings. The average Bonchev–Trinajstić information content (AvgIpc) is 2.69. The first-order chi connectivity index (χ1) is 14.0. The summed E-state index contributed by atoms with van der Waals surface area (Å²) in [4.78, 5) is 42.1. The second kappa shape index (κ2) is 8.97. The van der Waals surface area contributed by atoms with Crippen LogP contribution >= 0.6 is 0 Å². The molecule has 1 unspecified atom stereocenters. The molecule has 7 heteroatoms. The van der Waals surface area contributed by atoms with Crippen LogP contribution in [0.2, 0.25) is 0 Å². The van der Waals surface area contributed by atoms with E-state index >= 15 is 0 Å². The molecule has 148 valence electrons. The van der Waals surface area contributed by atoms with Gasteiger partial charge in [-0.1, -0.05) is 60.7 Å². The molecule has 29 heavy (non-hydrogen) atoms. The summed E-state index contributed by atoms with van der Waals surface area (Å²) in [6.45, 7) is 0.939. The zero-order valence-corrected chi connectivity index (χ0v) is 15.9. The van der Waals surface area contributed by atoms with E-state index in [0.717, 1.165) is 5.56 Å². The fourth-order valence-corrected chi connectivity index (χ4v) is 3.23. The highest BCUT2D eigenvalue weighted by molar-refractivity contribution is 6.05. The number of aliphatic carboxylic acids is 1. The number of rotatable bonds is 7. The number of carboxylic acid groups (broad SMARTS) is 1. The maximum atomic E-state index is 12.5. The molecular formula is C22H21N3O4. The summed E-state index contributed by atoms with van der Waals surface area (Å²) in [6.07, 6.45) is 1.56. The van der Waals surface area contributed by atoms with Gasteiger partial charge in [0.2, 0.25) is 5.91 Å². The number of hydrogen-bond donors (Lipinski definition) is 2. The smallest absolute Gasteiger partial charge is 0.323 e. The molecule has 2 N–H and O–H groups in total. The van der Waals surface area contributed by atoms with Gasteiger partial charge in [-0.05, 0) is 12.5 Å². The molecule has 1 atom stereocenters. The molecule has 0 radical (unpaired) electrons. The number of aliphatic imine (C=N–C) groups is 1. The number of amides is 1. The lowest BCUT2D eigenvalue weighted by molar-refractivity contribution is -0.138. The minimum atomic E-state index is -1.10. The summed E-state index contributed by atoms with van der Waals surface area (Å²) in [5.74, 6) is -1.32. The highest BCUT2D eigenvalue weighted by Crippen LogP contribution is 2.20. The Labute approximate surface area is 168 Å². The lowest BCUT2D eigenvalue weighted by atomic mass is 10.0. The molecule has 0 bridgehead atoms. The normalized spacial score (nSPS) is 15.9. The summed E-state index contributed by atoms with van der Waals surface area (Å²) < 4.78 is 0. The molecule has 0 saturated heterocycles. The van der Waals surface area contributed by atoms with Crippen molar-refractivity contribution in [2.75, 3.05) is 6.54 Å². The number of hydrogen-bond acceptors (Lipinski definition) is 5. The SMILES string of the molecule is CC(=O)C1C(NC(=O)Cc2ccccc2)=CN=C(c2ccccc2)N1CC(=O)O. The van der Waals surface area contributed by atoms with E-state index in [-0.39, 0.29) is 23.8 Å². The number of carbonyl (C=O) groups is 3. The summed E-state index contributed by atoms with van der Waals surface area (Å²) in [5.41, 5.74) is 1.78. The van der Waals surface area contributed by atoms with Crippen LogP contribution in [0.3, 0.4) is 0 Å². The Morgan fingerprint density at radius 3 is 2.24 bits per heavy atom. The standard InChI is InChI=1S/C22H21N3O4/c1-15(26)21-18(24-19(27)12-16-8-4-2-5-9-16)13-23-22(25(21)14-20(28)29)17-10-6-3-7-11-17/h2-11,13,21H,12,14H2,1H3,(H,24,27)(H,28,29). The van der Waals surface area contributed by atoms with Crippen LogP contribution in [0.4, 0.5) is 0 Å². The van der Waals surface area contributed by atoms with Crippen LogP contribution in [-0.4, -0.2) is 46.1 Å². The molecular weight excluding hydrogens is 370 g/mol. The van der Waals surface area contributed by atoms with E-state index in [1.54, 1.807) is 24.3 Å². The van der Waals surface area contributed by atoms with Crippen LogP contribution in [0.5, 0.6) is 0 Å². The predicted octanol–water partition coefficient (Wildman–Crippen LogP) is 1.99. The van der Waals surface area contributed by atoms with Gasteiger partial charge in [-0.15, -0.1) is 0 Å². The van der Waals surface area contributed by atoms with Crippen LogP contribution in [0.1, 0.15) is 18.1 Å². The van der Waals surface area contributed by atoms with Gasteiger partial charge in [-0.3, -0.25) is 14.4 Å². The van der Waals surface area contributed by atoms with E-state index in [1.165, 1.54) is 18.0 Å². The fourth-order valence-electron chi connectivity index (χ4n) is 3.23. The quantitative estimate of drug-likeness (QED) is 0.752. The molecule has 0 saturated carbocycles. The van der Waals surface area contributed by atoms with Crippen molar-refractivity contribution in [1.82, 2.24) is 10.2 Å². The summed E-state index contributed by atoms with van der Waals surface area (Å²) in [7, 11) is 0. The maximum absolute atomic E-state index is 12.5. The Bertz CT molecular complexity index is 968. The van der Waals surface area contributed by atoms with Crippen LogP contribution in [-0.2, 0) is 20.8 Å². The van der Waals surface area contributed by atoms with E-state index in [2.05, 4.69) is 10.3 Å². The Balaban J connectivity index is 1.91. The third-order valence-corrected chi connectivity index (χ3v) is 4.42. The number of carbonyl (C=O) groups excluding carboxylic acids is 2. The summed E-state index contributed by atoms with van der Waals surface area (Å²) >= 11 is 0. The highest BCUT2D eigenvalue weighted by Gasteiger charge is 2.34. The predicted molar refractivity (Wildman–Crippen MR) is 108 cm³/mol. The largest absolute Gasteiger partial charge is 0.480 e. The van der Waals surface area contributed by atoms with E-state index in [0.29, 0.717) is 11.4 Å². The third kappa shape index (κ3) is 4.95. The zero-order valence-electron chi connectivity index (χ0n) is 15.9. The molecule has 1 heterocycles. The van der Waals surface area contributed by atoms with Crippen LogP contribution in [0, 0.1) is 0 Å². The minimum absolute atomic E-state index is 0.136. The van der Waals surface area contributed by atoms with Crippen LogP contribution in [0.15, 0.2) is 77.6 Å². The molecule has 0 aliphatic carbocycles. The van der Waals surface area contributed by atoms with Gasteiger partial charge in [-0.2, -0.15) is 0 Å². The number of carboxylic acids is 1. The van der Waals surface area contributed by atoms with Crippen LogP contribution in [0.25, 0.3) is 0 Å². The fraction of sp³-hybridized carbons (Fsp3) is 0.182. The zero-order chi connectivity index (χ0) is 20.8. The monoisotopic (exact) mass is 391 g/mol. The Hall–Kier alpha value is -3.74. The number of nitrogens with one attached hydrogen (secondary N) is 1. The number of benzene rings is 2. The molecule has 0 fully saturated rings. The van der Waals surface area contributed by atoms with Gasteiger partial charge in [0.05, 0.1) is 18.3 Å². The van der Waals surface area contributed by atoms with Crippen molar-refractivity contribution < 1.29 is 19.5 Å². The Kier molecular flexibility index (Phi) is 6.19. The highest BCUT2D eigenvalue weighted by atomic mass is 16.4. The second-order valence-electron chi connectivity index (χ2n) is 6.65. The van der Waals surface area contributed by atoms with E-state index in [4.69, 9.17) is 0 Å². The molecule has 3 rings (SSSR count). The lowest BCUT2D eigenvalue weighted by Crippen LogP contribution is -2.52. The first kappa shape index (κ1) is 20.0. The van der Waals surface area contributed by atoms with Crippen molar-refractivity contribution in [2.45, 2.75) is 19.4 Å². The first-order valence-electron chi connectivity index (χ1n) is 9.11. The second-order valence-corrected chi connectivity index (χ2v) is 6.65. The van der Waals surface area contributed by atoms with Gasteiger partial charge < -0.3 is 15.3 Å². The van der Waals surface area contributed by atoms with Crippen molar-refractivity contribution in [3.63, 3.8) is 0 Å². The van der Waals surface area contributed by atoms with Crippen molar-refractivity contribution in [3.8, 4) is 0 Å². The van der Waals surface area contributed by atoms with Gasteiger partial charge in [0.1, 0.15) is 18.4 Å². The van der Waals surface area contributed by atoms with Gasteiger partial charge in [0.15, 0.2) is 5.78 Å². The molecule has 2 aromatic rings. The molecule has 7 nitrogen and oxygen atoms in total. The summed E-state index contributed by atoms with van der Waals surface area (Å²) in [5, 5.41) is 12.1. The van der Waals surface area contributed by atoms with Gasteiger partial charge in [0.25, 0.3) is 0 Å². The van der Waals surface area contributed by atoms with Crippen molar-refractivity contribution in [1.29, 1.82) is 0 Å². The average molecular weight is 391 g/mol. The number of nitrogens with zero attached hydrogens (tertiary/aromatic N) is 2. The molecule has 0 aromatic heterocycles. The number of Topliss-reactive ketones (excluding diaryl/α,β-unsaturated/α-hetero) is 1. The van der Waals surface area contributed by atoms with Crippen LogP contribution < -0.4 is 5.32 Å². The Morgan fingerprint density at radius 1 is 1.03 bits per heavy atom. The lowest BCUT2D eigenvalue weighted by Gasteiger charge is -2.35. The van der Waals surface area contributed by atoms with E-state index in [9.17, 15) is 19.5 Å². The topological polar surface area (TPSA) is 99.1 Å². The Morgan fingerprint density at radius 2 is 1.66 bits per heavy atom. The number of ketones is 1. The van der Waals surface area contributed by atoms with Crippen molar-refractivity contribution in [2.24, 2.45) is 4.99 Å². The third-order valence-electron chi connectivity index (χ3n) is 4.42. The summed E-state index contributed by atoms with van der Waals surface area (Å²) in [6, 6.07) is 17.3. The van der Waals surface area contributed by atoms with Gasteiger partial charge >= 0.3 is 5.97 Å². The minimum Gasteiger partial charge on any atom is -0.480 e. The molecule has 0 spiro atoms.